The molecule has 0 aromatic heterocycles. The summed E-state index contributed by atoms with van der Waals surface area (Å²) in [5.41, 5.74) is 0. The van der Waals surface area contributed by atoms with Gasteiger partial charge in [-0.25, -0.2) is 4.79 Å². The summed E-state index contributed by atoms with van der Waals surface area (Å²) in [5, 5.41) is 11.2. The number of aliphatic carboxylic acids is 1. The molecule has 5 heteroatoms. The normalized spacial score (nSPS) is 24.5. The summed E-state index contributed by atoms with van der Waals surface area (Å²) >= 11 is 0. The number of hydrogen-bond acceptors (Lipinski definition) is 3. The second kappa shape index (κ2) is 5.37. The highest BCUT2D eigenvalue weighted by Crippen LogP contribution is 2.19. The predicted octanol–water partition coefficient (Wildman–Crippen LogP) is -0.242. The number of hydrogen-bond donors (Lipinski definition) is 2. The summed E-state index contributed by atoms with van der Waals surface area (Å²) in [4.78, 5) is 21.9. The zero-order chi connectivity index (χ0) is 11.3. The molecule has 2 atom stereocenters. The monoisotopic (exact) mass is 211 g/mol. The molecule has 0 radical (unpaired) electrons. The Balaban J connectivity index is 2.31. The molecule has 5 nitrogen and oxygen atoms in total. The van der Waals surface area contributed by atoms with Crippen LogP contribution in [-0.4, -0.2) is 35.7 Å². The molecule has 2 unspecified atom stereocenters. The van der Waals surface area contributed by atoms with Gasteiger partial charge in [-0.2, -0.15) is 0 Å². The number of terminal acetylenes is 1. The topological polar surface area (TPSA) is 75.6 Å². The second-order valence-corrected chi connectivity index (χ2v) is 3.27. The van der Waals surface area contributed by atoms with Crippen LogP contribution in [0.25, 0.3) is 0 Å². The maximum absolute atomic E-state index is 11.4. The van der Waals surface area contributed by atoms with Crippen molar-refractivity contribution in [1.29, 1.82) is 0 Å². The van der Waals surface area contributed by atoms with Gasteiger partial charge in [0.05, 0.1) is 0 Å². The summed E-state index contributed by atoms with van der Waals surface area (Å²) in [7, 11) is 0. The third kappa shape index (κ3) is 3.26. The Morgan fingerprint density at radius 1 is 1.47 bits per heavy atom. The molecular formula is C10H13NO4. The number of amides is 1. The smallest absolute Gasteiger partial charge is 0.332 e. The molecular weight excluding hydrogens is 198 g/mol. The number of rotatable bonds is 4. The Bertz CT molecular complexity index is 294. The van der Waals surface area contributed by atoms with Crippen LogP contribution in [0.4, 0.5) is 0 Å². The molecule has 1 aliphatic rings. The molecule has 0 aromatic carbocycles. The lowest BCUT2D eigenvalue weighted by Crippen LogP contribution is -2.36. The summed E-state index contributed by atoms with van der Waals surface area (Å²) in [6.07, 6.45) is 4.80. The lowest BCUT2D eigenvalue weighted by Gasteiger charge is -2.10. The van der Waals surface area contributed by atoms with Crippen molar-refractivity contribution in [3.05, 3.63) is 0 Å². The van der Waals surface area contributed by atoms with Crippen LogP contribution < -0.4 is 5.32 Å². The van der Waals surface area contributed by atoms with Crippen LogP contribution in [0.15, 0.2) is 0 Å². The first-order valence-electron chi connectivity index (χ1n) is 4.74. The third-order valence-corrected chi connectivity index (χ3v) is 2.16. The first kappa shape index (κ1) is 11.5. The summed E-state index contributed by atoms with van der Waals surface area (Å²) in [5.74, 6) is 1.09. The Kier molecular flexibility index (Phi) is 4.13. The van der Waals surface area contributed by atoms with E-state index in [0.717, 1.165) is 0 Å². The van der Waals surface area contributed by atoms with E-state index in [1.54, 1.807) is 0 Å². The van der Waals surface area contributed by atoms with Gasteiger partial charge in [-0.1, -0.05) is 0 Å². The molecule has 2 N–H and O–H groups in total. The number of carbonyl (C=O) groups excluding carboxylic acids is 1. The van der Waals surface area contributed by atoms with Crippen LogP contribution in [0.5, 0.6) is 0 Å². The standard InChI is InChI=1S/C10H13NO4/c1-2-3-6-11-9(12)7-4-5-8(15-7)10(13)14/h1,7-8H,3-6H2,(H,11,12)(H,13,14). The van der Waals surface area contributed by atoms with E-state index in [-0.39, 0.29) is 5.91 Å². The molecule has 0 spiro atoms. The van der Waals surface area contributed by atoms with Crippen molar-refractivity contribution < 1.29 is 19.4 Å². The van der Waals surface area contributed by atoms with Gasteiger partial charge in [0.2, 0.25) is 5.91 Å². The Morgan fingerprint density at radius 3 is 2.67 bits per heavy atom. The van der Waals surface area contributed by atoms with Crippen molar-refractivity contribution >= 4 is 11.9 Å². The molecule has 1 rings (SSSR count). The number of ether oxygens (including phenoxy) is 1. The highest BCUT2D eigenvalue weighted by atomic mass is 16.5. The Labute approximate surface area is 87.8 Å². The van der Waals surface area contributed by atoms with E-state index in [0.29, 0.717) is 25.8 Å². The Hall–Kier alpha value is -1.54. The molecule has 1 fully saturated rings. The number of carboxylic acids is 1. The summed E-state index contributed by atoms with van der Waals surface area (Å²) in [6, 6.07) is 0. The van der Waals surface area contributed by atoms with Crippen LogP contribution >= 0.6 is 0 Å². The third-order valence-electron chi connectivity index (χ3n) is 2.16. The minimum Gasteiger partial charge on any atom is -0.479 e. The van der Waals surface area contributed by atoms with Gasteiger partial charge < -0.3 is 15.2 Å². The zero-order valence-corrected chi connectivity index (χ0v) is 8.23. The lowest BCUT2D eigenvalue weighted by atomic mass is 10.2. The fourth-order valence-corrected chi connectivity index (χ4v) is 1.38. The van der Waals surface area contributed by atoms with Crippen molar-refractivity contribution in [3.63, 3.8) is 0 Å². The number of carboxylic acid groups (broad SMARTS) is 1. The van der Waals surface area contributed by atoms with E-state index in [9.17, 15) is 9.59 Å². The van der Waals surface area contributed by atoms with Gasteiger partial charge in [0.25, 0.3) is 0 Å². The van der Waals surface area contributed by atoms with E-state index in [4.69, 9.17) is 16.3 Å². The second-order valence-electron chi connectivity index (χ2n) is 3.27. The van der Waals surface area contributed by atoms with E-state index in [2.05, 4.69) is 11.2 Å². The molecule has 1 amide bonds. The van der Waals surface area contributed by atoms with Gasteiger partial charge >= 0.3 is 5.97 Å². The van der Waals surface area contributed by atoms with Gasteiger partial charge in [0.1, 0.15) is 6.10 Å². The van der Waals surface area contributed by atoms with Gasteiger partial charge in [0, 0.05) is 13.0 Å². The molecule has 0 bridgehead atoms. The van der Waals surface area contributed by atoms with Crippen molar-refractivity contribution in [2.45, 2.75) is 31.5 Å². The minimum atomic E-state index is -1.02. The number of nitrogens with one attached hydrogen (secondary N) is 1. The fourth-order valence-electron chi connectivity index (χ4n) is 1.38. The SMILES string of the molecule is C#CCCNC(=O)C1CCC(C(=O)O)O1. The molecule has 0 saturated carbocycles. The van der Waals surface area contributed by atoms with E-state index < -0.39 is 18.2 Å². The van der Waals surface area contributed by atoms with Gasteiger partial charge in [-0.3, -0.25) is 4.79 Å². The number of carbonyl (C=O) groups is 2. The van der Waals surface area contributed by atoms with Gasteiger partial charge in [0.15, 0.2) is 6.10 Å². The average Bonchev–Trinajstić information content (AvgIpc) is 2.66. The molecule has 15 heavy (non-hydrogen) atoms. The molecule has 1 aliphatic heterocycles. The van der Waals surface area contributed by atoms with Crippen LogP contribution in [-0.2, 0) is 14.3 Å². The van der Waals surface area contributed by atoms with Crippen LogP contribution in [0.1, 0.15) is 19.3 Å². The first-order valence-corrected chi connectivity index (χ1v) is 4.74. The van der Waals surface area contributed by atoms with Crippen LogP contribution in [0.2, 0.25) is 0 Å². The molecule has 0 aromatic rings. The van der Waals surface area contributed by atoms with Gasteiger partial charge in [-0.05, 0) is 12.8 Å². The van der Waals surface area contributed by atoms with E-state index in [1.165, 1.54) is 0 Å². The van der Waals surface area contributed by atoms with Crippen molar-refractivity contribution in [2.75, 3.05) is 6.54 Å². The Morgan fingerprint density at radius 2 is 2.13 bits per heavy atom. The van der Waals surface area contributed by atoms with Gasteiger partial charge in [-0.15, -0.1) is 12.3 Å². The highest BCUT2D eigenvalue weighted by Gasteiger charge is 2.34. The fraction of sp³-hybridized carbons (Fsp3) is 0.600. The maximum atomic E-state index is 11.4. The highest BCUT2D eigenvalue weighted by molar-refractivity contribution is 5.82. The van der Waals surface area contributed by atoms with Crippen molar-refractivity contribution in [2.24, 2.45) is 0 Å². The average molecular weight is 211 g/mol. The van der Waals surface area contributed by atoms with Crippen LogP contribution in [0.3, 0.4) is 0 Å². The maximum Gasteiger partial charge on any atom is 0.332 e. The molecule has 1 saturated heterocycles. The molecule has 0 aliphatic carbocycles. The summed E-state index contributed by atoms with van der Waals surface area (Å²) < 4.78 is 5.05. The minimum absolute atomic E-state index is 0.283. The lowest BCUT2D eigenvalue weighted by molar-refractivity contribution is -0.151. The molecule has 82 valence electrons. The van der Waals surface area contributed by atoms with E-state index in [1.807, 2.05) is 0 Å². The predicted molar refractivity (Wildman–Crippen MR) is 52.0 cm³/mol. The quantitative estimate of drug-likeness (QED) is 0.497. The molecule has 1 heterocycles. The summed E-state index contributed by atoms with van der Waals surface area (Å²) in [6.45, 7) is 0.396. The zero-order valence-electron chi connectivity index (χ0n) is 8.23. The van der Waals surface area contributed by atoms with E-state index >= 15 is 0 Å². The van der Waals surface area contributed by atoms with Crippen molar-refractivity contribution in [1.82, 2.24) is 5.32 Å². The first-order chi connectivity index (χ1) is 7.15. The largest absolute Gasteiger partial charge is 0.479 e. The van der Waals surface area contributed by atoms with Crippen LogP contribution in [0, 0.1) is 12.3 Å². The van der Waals surface area contributed by atoms with Crippen molar-refractivity contribution in [3.8, 4) is 12.3 Å².